The fourth-order valence-corrected chi connectivity index (χ4v) is 3.47. The van der Waals surface area contributed by atoms with Gasteiger partial charge in [0.15, 0.2) is 5.82 Å². The summed E-state index contributed by atoms with van der Waals surface area (Å²) < 4.78 is 11.2. The fraction of sp³-hybridized carbons (Fsp3) is 0.292. The summed E-state index contributed by atoms with van der Waals surface area (Å²) in [4.78, 5) is 17.4. The number of para-hydroxylation sites is 1. The van der Waals surface area contributed by atoms with E-state index in [2.05, 4.69) is 21.5 Å². The molecule has 2 aromatic carbocycles. The molecule has 2 aromatic heterocycles. The highest BCUT2D eigenvalue weighted by Crippen LogP contribution is 2.31. The van der Waals surface area contributed by atoms with Gasteiger partial charge in [-0.3, -0.25) is 4.79 Å². The lowest BCUT2D eigenvalue weighted by Crippen LogP contribution is -2.15. The summed E-state index contributed by atoms with van der Waals surface area (Å²) in [6, 6.07) is 9.79. The second-order valence-electron chi connectivity index (χ2n) is 7.98. The van der Waals surface area contributed by atoms with Crippen molar-refractivity contribution in [1.29, 1.82) is 0 Å². The minimum Gasteiger partial charge on any atom is -0.464 e. The number of nitrogens with one attached hydrogen (secondary N) is 1. The number of anilines is 1. The standard InChI is InChI=1S/C24H25N3O3/c1-13(2)23-26-24(30-27-23)19-8-6-7-15(4)21(19)25-20(28)11-17-12-29-22-16(5)14(3)9-10-18(17)22/h6-10,12-13H,11H2,1-5H3,(H,25,28). The van der Waals surface area contributed by atoms with Crippen LogP contribution in [0.15, 0.2) is 45.5 Å². The Balaban J connectivity index is 1.62. The first-order valence-corrected chi connectivity index (χ1v) is 10.0. The van der Waals surface area contributed by atoms with Gasteiger partial charge >= 0.3 is 0 Å². The third-order valence-corrected chi connectivity index (χ3v) is 5.42. The number of rotatable bonds is 5. The van der Waals surface area contributed by atoms with Crippen molar-refractivity contribution >= 4 is 22.6 Å². The van der Waals surface area contributed by atoms with E-state index >= 15 is 0 Å². The van der Waals surface area contributed by atoms with Crippen molar-refractivity contribution in [2.75, 3.05) is 5.32 Å². The number of hydrogen-bond acceptors (Lipinski definition) is 5. The Hall–Kier alpha value is -3.41. The van der Waals surface area contributed by atoms with Crippen LogP contribution >= 0.6 is 0 Å². The summed E-state index contributed by atoms with van der Waals surface area (Å²) in [6.45, 7) is 10.0. The van der Waals surface area contributed by atoms with Crippen LogP contribution < -0.4 is 5.32 Å². The van der Waals surface area contributed by atoms with Crippen molar-refractivity contribution in [2.24, 2.45) is 0 Å². The molecule has 1 amide bonds. The molecule has 30 heavy (non-hydrogen) atoms. The van der Waals surface area contributed by atoms with Crippen molar-refractivity contribution in [1.82, 2.24) is 10.1 Å². The minimum absolute atomic E-state index is 0.130. The Morgan fingerprint density at radius 1 is 1.10 bits per heavy atom. The van der Waals surface area contributed by atoms with Gasteiger partial charge in [-0.1, -0.05) is 43.3 Å². The van der Waals surface area contributed by atoms with Gasteiger partial charge in [0.2, 0.25) is 5.91 Å². The number of carbonyl (C=O) groups excluding carboxylic acids is 1. The number of amides is 1. The molecule has 154 valence electrons. The van der Waals surface area contributed by atoms with Gasteiger partial charge in [-0.2, -0.15) is 4.98 Å². The van der Waals surface area contributed by atoms with E-state index in [9.17, 15) is 4.79 Å². The number of aromatic nitrogens is 2. The number of hydrogen-bond donors (Lipinski definition) is 1. The first-order valence-electron chi connectivity index (χ1n) is 10.0. The van der Waals surface area contributed by atoms with Crippen molar-refractivity contribution in [2.45, 2.75) is 47.0 Å². The van der Waals surface area contributed by atoms with Crippen LogP contribution in [0.3, 0.4) is 0 Å². The van der Waals surface area contributed by atoms with Gasteiger partial charge in [-0.05, 0) is 43.5 Å². The van der Waals surface area contributed by atoms with Gasteiger partial charge in [0.25, 0.3) is 5.89 Å². The maximum Gasteiger partial charge on any atom is 0.260 e. The van der Waals surface area contributed by atoms with E-state index in [1.807, 2.05) is 58.9 Å². The SMILES string of the molecule is Cc1cccc(-c2nc(C(C)C)no2)c1NC(=O)Cc1coc2c(C)c(C)ccc12. The van der Waals surface area contributed by atoms with Crippen LogP contribution in [-0.2, 0) is 11.2 Å². The van der Waals surface area contributed by atoms with Gasteiger partial charge < -0.3 is 14.3 Å². The molecule has 0 aliphatic heterocycles. The molecule has 6 nitrogen and oxygen atoms in total. The predicted octanol–water partition coefficient (Wildman–Crippen LogP) is 5.71. The van der Waals surface area contributed by atoms with E-state index in [-0.39, 0.29) is 18.2 Å². The molecule has 0 aliphatic carbocycles. The summed E-state index contributed by atoms with van der Waals surface area (Å²) in [5.74, 6) is 1.07. The Morgan fingerprint density at radius 3 is 2.63 bits per heavy atom. The zero-order valence-corrected chi connectivity index (χ0v) is 17.9. The van der Waals surface area contributed by atoms with Crippen molar-refractivity contribution in [3.8, 4) is 11.5 Å². The molecule has 4 aromatic rings. The topological polar surface area (TPSA) is 81.2 Å². The van der Waals surface area contributed by atoms with Crippen molar-refractivity contribution in [3.63, 3.8) is 0 Å². The average molecular weight is 403 g/mol. The summed E-state index contributed by atoms with van der Waals surface area (Å²) in [5, 5.41) is 8.05. The molecule has 0 unspecified atom stereocenters. The van der Waals surface area contributed by atoms with Gasteiger partial charge in [-0.25, -0.2) is 0 Å². The van der Waals surface area contributed by atoms with Crippen LogP contribution in [0.1, 0.15) is 47.8 Å². The summed E-state index contributed by atoms with van der Waals surface area (Å²) in [7, 11) is 0. The van der Waals surface area contributed by atoms with E-state index in [4.69, 9.17) is 8.94 Å². The van der Waals surface area contributed by atoms with Crippen molar-refractivity contribution in [3.05, 3.63) is 64.7 Å². The molecule has 0 spiro atoms. The predicted molar refractivity (Wildman–Crippen MR) is 117 cm³/mol. The van der Waals surface area contributed by atoms with Gasteiger partial charge in [-0.15, -0.1) is 0 Å². The van der Waals surface area contributed by atoms with Crippen LogP contribution in [0.4, 0.5) is 5.69 Å². The quantitative estimate of drug-likeness (QED) is 0.461. The lowest BCUT2D eigenvalue weighted by molar-refractivity contribution is -0.115. The Kier molecular flexibility index (Phi) is 5.16. The Labute approximate surface area is 175 Å². The lowest BCUT2D eigenvalue weighted by Gasteiger charge is -2.11. The van der Waals surface area contributed by atoms with Crippen LogP contribution in [0, 0.1) is 20.8 Å². The second kappa shape index (κ2) is 7.78. The zero-order chi connectivity index (χ0) is 21.4. The normalized spacial score (nSPS) is 11.4. The fourth-order valence-electron chi connectivity index (χ4n) is 3.47. The second-order valence-corrected chi connectivity index (χ2v) is 7.98. The highest BCUT2D eigenvalue weighted by Gasteiger charge is 2.19. The number of nitrogens with zero attached hydrogens (tertiary/aromatic N) is 2. The highest BCUT2D eigenvalue weighted by atomic mass is 16.5. The first kappa shape index (κ1) is 19.9. The van der Waals surface area contributed by atoms with E-state index in [1.165, 1.54) is 0 Å². The maximum absolute atomic E-state index is 12.9. The van der Waals surface area contributed by atoms with Gasteiger partial charge in [0.1, 0.15) is 5.58 Å². The van der Waals surface area contributed by atoms with Crippen LogP contribution in [0.2, 0.25) is 0 Å². The minimum atomic E-state index is -0.130. The third-order valence-electron chi connectivity index (χ3n) is 5.42. The molecule has 0 fully saturated rings. The summed E-state index contributed by atoms with van der Waals surface area (Å²) in [5.41, 5.74) is 6.28. The Bertz CT molecular complexity index is 1230. The van der Waals surface area contributed by atoms with E-state index < -0.39 is 0 Å². The molecule has 1 N–H and O–H groups in total. The molecule has 2 heterocycles. The zero-order valence-electron chi connectivity index (χ0n) is 17.9. The molecular formula is C24H25N3O3. The largest absolute Gasteiger partial charge is 0.464 e. The molecule has 0 saturated carbocycles. The molecular weight excluding hydrogens is 378 g/mol. The lowest BCUT2D eigenvalue weighted by atomic mass is 10.0. The number of furan rings is 1. The summed E-state index contributed by atoms with van der Waals surface area (Å²) in [6.07, 6.45) is 1.88. The molecule has 0 bridgehead atoms. The van der Waals surface area contributed by atoms with E-state index in [0.29, 0.717) is 23.0 Å². The molecule has 0 saturated heterocycles. The molecule has 4 rings (SSSR count). The first-order chi connectivity index (χ1) is 14.3. The average Bonchev–Trinajstić information content (AvgIpc) is 3.34. The maximum atomic E-state index is 12.9. The highest BCUT2D eigenvalue weighted by molar-refractivity contribution is 5.99. The number of fused-ring (bicyclic) bond motifs is 1. The van der Waals surface area contributed by atoms with Crippen molar-refractivity contribution < 1.29 is 13.7 Å². The number of benzene rings is 2. The number of aryl methyl sites for hydroxylation is 3. The van der Waals surface area contributed by atoms with Gasteiger partial charge in [0, 0.05) is 16.9 Å². The van der Waals surface area contributed by atoms with E-state index in [0.717, 1.165) is 33.2 Å². The monoisotopic (exact) mass is 403 g/mol. The molecule has 0 atom stereocenters. The van der Waals surface area contributed by atoms with E-state index in [1.54, 1.807) is 6.26 Å². The molecule has 0 aliphatic rings. The molecule has 0 radical (unpaired) electrons. The number of carbonyl (C=O) groups is 1. The molecule has 6 heteroatoms. The third kappa shape index (κ3) is 3.61. The summed E-state index contributed by atoms with van der Waals surface area (Å²) >= 11 is 0. The van der Waals surface area contributed by atoms with Gasteiger partial charge in [0.05, 0.1) is 23.9 Å². The Morgan fingerprint density at radius 2 is 1.90 bits per heavy atom. The smallest absolute Gasteiger partial charge is 0.260 e. The van der Waals surface area contributed by atoms with Crippen LogP contribution in [-0.4, -0.2) is 16.0 Å². The van der Waals surface area contributed by atoms with Crippen LogP contribution in [0.25, 0.3) is 22.4 Å². The van der Waals surface area contributed by atoms with Crippen LogP contribution in [0.5, 0.6) is 0 Å².